The second kappa shape index (κ2) is 7.32. The van der Waals surface area contributed by atoms with Crippen LogP contribution in [0.25, 0.3) is 0 Å². The molecular formula is C18H27N5O. The Morgan fingerprint density at radius 1 is 1.21 bits per heavy atom. The summed E-state index contributed by atoms with van der Waals surface area (Å²) >= 11 is 0. The Hall–Kier alpha value is -1.92. The van der Waals surface area contributed by atoms with E-state index in [9.17, 15) is 0 Å². The van der Waals surface area contributed by atoms with E-state index < -0.39 is 0 Å². The van der Waals surface area contributed by atoms with Gasteiger partial charge in [0.25, 0.3) is 0 Å². The van der Waals surface area contributed by atoms with Gasteiger partial charge in [-0.3, -0.25) is 14.8 Å². The Kier molecular flexibility index (Phi) is 5.16. The summed E-state index contributed by atoms with van der Waals surface area (Å²) in [6.07, 6.45) is 1.87. The van der Waals surface area contributed by atoms with Crippen LogP contribution in [0.5, 0.6) is 5.88 Å². The fourth-order valence-electron chi connectivity index (χ4n) is 3.46. The van der Waals surface area contributed by atoms with Crippen molar-refractivity contribution in [2.24, 2.45) is 7.05 Å². The summed E-state index contributed by atoms with van der Waals surface area (Å²) in [5, 5.41) is 4.48. The molecule has 3 rings (SSSR count). The first-order chi connectivity index (χ1) is 11.6. The zero-order chi connectivity index (χ0) is 17.1. The maximum atomic E-state index is 5.51. The van der Waals surface area contributed by atoms with Gasteiger partial charge in [0.1, 0.15) is 0 Å². The second-order valence-electron chi connectivity index (χ2n) is 6.44. The molecule has 1 aliphatic heterocycles. The number of ether oxygens (including phenoxy) is 1. The summed E-state index contributed by atoms with van der Waals surface area (Å²) in [5.41, 5.74) is 3.40. The lowest BCUT2D eigenvalue weighted by molar-refractivity contribution is 0.0957. The smallest absolute Gasteiger partial charge is 0.216 e. The molecule has 0 spiro atoms. The third-order valence-corrected chi connectivity index (χ3v) is 4.93. The minimum Gasteiger partial charge on any atom is -0.481 e. The lowest BCUT2D eigenvalue weighted by Gasteiger charge is -2.37. The monoisotopic (exact) mass is 329 g/mol. The summed E-state index contributed by atoms with van der Waals surface area (Å²) in [5.74, 6) is 0.872. The largest absolute Gasteiger partial charge is 0.481 e. The Balaban J connectivity index is 1.60. The highest BCUT2D eigenvalue weighted by Gasteiger charge is 2.24. The van der Waals surface area contributed by atoms with Gasteiger partial charge in [-0.1, -0.05) is 6.07 Å². The molecular weight excluding hydrogens is 302 g/mol. The molecule has 1 aliphatic rings. The van der Waals surface area contributed by atoms with Gasteiger partial charge in [0.2, 0.25) is 5.88 Å². The maximum absolute atomic E-state index is 5.51. The van der Waals surface area contributed by atoms with Crippen molar-refractivity contribution in [1.29, 1.82) is 0 Å². The van der Waals surface area contributed by atoms with Gasteiger partial charge in [-0.15, -0.1) is 0 Å². The lowest BCUT2D eigenvalue weighted by atomic mass is 10.1. The number of aryl methyl sites for hydroxylation is 2. The van der Waals surface area contributed by atoms with E-state index in [1.165, 1.54) is 5.56 Å². The molecule has 0 saturated carbocycles. The van der Waals surface area contributed by atoms with Crippen molar-refractivity contribution in [1.82, 2.24) is 24.6 Å². The topological polar surface area (TPSA) is 46.4 Å². The minimum atomic E-state index is 0.364. The molecule has 0 bridgehead atoms. The van der Waals surface area contributed by atoms with Gasteiger partial charge in [0.05, 0.1) is 24.1 Å². The van der Waals surface area contributed by atoms with Crippen LogP contribution in [0.4, 0.5) is 0 Å². The van der Waals surface area contributed by atoms with E-state index in [-0.39, 0.29) is 0 Å². The van der Waals surface area contributed by atoms with E-state index in [1.54, 1.807) is 7.11 Å². The van der Waals surface area contributed by atoms with Gasteiger partial charge >= 0.3 is 0 Å². The fraction of sp³-hybridized carbons (Fsp3) is 0.556. The van der Waals surface area contributed by atoms with Crippen LogP contribution < -0.4 is 4.74 Å². The molecule has 1 saturated heterocycles. The van der Waals surface area contributed by atoms with E-state index in [2.05, 4.69) is 45.9 Å². The molecule has 0 amide bonds. The average Bonchev–Trinajstić information content (AvgIpc) is 2.88. The number of aromatic nitrogens is 3. The van der Waals surface area contributed by atoms with Gasteiger partial charge in [-0.25, -0.2) is 4.68 Å². The molecule has 0 N–H and O–H groups in total. The van der Waals surface area contributed by atoms with Gasteiger partial charge in [-0.05, 0) is 26.0 Å². The third-order valence-electron chi connectivity index (χ3n) is 4.93. The molecule has 0 aromatic carbocycles. The van der Waals surface area contributed by atoms with Crippen LogP contribution in [0.2, 0.25) is 0 Å². The van der Waals surface area contributed by atoms with Crippen LogP contribution in [0.3, 0.4) is 0 Å². The highest BCUT2D eigenvalue weighted by molar-refractivity contribution is 5.30. The molecule has 0 radical (unpaired) electrons. The highest BCUT2D eigenvalue weighted by atomic mass is 16.5. The molecule has 0 unspecified atom stereocenters. The SMILES string of the molecule is COc1c(CN2CCN([C@H](C)c3ccccn3)CC2)c(C)nn1C. The van der Waals surface area contributed by atoms with Crippen LogP contribution in [0, 0.1) is 6.92 Å². The standard InChI is InChI=1S/C18H27N5O/c1-14-16(18(24-4)21(3)20-14)13-22-9-11-23(12-10-22)15(2)17-7-5-6-8-19-17/h5-8,15H,9-13H2,1-4H3/t15-/m1/s1. The number of hydrogen-bond donors (Lipinski definition) is 0. The average molecular weight is 329 g/mol. The Labute approximate surface area is 144 Å². The van der Waals surface area contributed by atoms with E-state index >= 15 is 0 Å². The van der Waals surface area contributed by atoms with E-state index in [4.69, 9.17) is 4.74 Å². The van der Waals surface area contributed by atoms with E-state index in [0.717, 1.165) is 50.0 Å². The summed E-state index contributed by atoms with van der Waals surface area (Å²) in [7, 11) is 3.65. The third kappa shape index (κ3) is 3.44. The molecule has 1 atom stereocenters. The molecule has 24 heavy (non-hydrogen) atoms. The van der Waals surface area contributed by atoms with Gasteiger partial charge in [0, 0.05) is 52.0 Å². The number of piperazine rings is 1. The number of nitrogens with zero attached hydrogens (tertiary/aromatic N) is 5. The number of pyridine rings is 1. The number of rotatable bonds is 5. The lowest BCUT2D eigenvalue weighted by Crippen LogP contribution is -2.46. The zero-order valence-corrected chi connectivity index (χ0v) is 15.1. The zero-order valence-electron chi connectivity index (χ0n) is 15.1. The van der Waals surface area contributed by atoms with Crippen LogP contribution in [-0.2, 0) is 13.6 Å². The first-order valence-corrected chi connectivity index (χ1v) is 8.54. The highest BCUT2D eigenvalue weighted by Crippen LogP contribution is 2.25. The van der Waals surface area contributed by atoms with Crippen molar-refractivity contribution < 1.29 is 4.74 Å². The predicted octanol–water partition coefficient (Wildman–Crippen LogP) is 2.01. The van der Waals surface area contributed by atoms with Crippen molar-refractivity contribution in [2.75, 3.05) is 33.3 Å². The number of hydrogen-bond acceptors (Lipinski definition) is 5. The Morgan fingerprint density at radius 3 is 2.58 bits per heavy atom. The summed E-state index contributed by atoms with van der Waals surface area (Å²) in [6, 6.07) is 6.51. The molecule has 130 valence electrons. The molecule has 3 heterocycles. The van der Waals surface area contributed by atoms with E-state index in [1.807, 2.05) is 24.0 Å². The number of methoxy groups -OCH3 is 1. The van der Waals surface area contributed by atoms with Crippen molar-refractivity contribution >= 4 is 0 Å². The van der Waals surface area contributed by atoms with Crippen LogP contribution in [0.1, 0.15) is 29.9 Å². The van der Waals surface area contributed by atoms with Crippen molar-refractivity contribution in [3.63, 3.8) is 0 Å². The first-order valence-electron chi connectivity index (χ1n) is 8.54. The Bertz CT molecular complexity index is 662. The second-order valence-corrected chi connectivity index (χ2v) is 6.44. The van der Waals surface area contributed by atoms with Crippen molar-refractivity contribution in [3.8, 4) is 5.88 Å². The van der Waals surface area contributed by atoms with Crippen LogP contribution >= 0.6 is 0 Å². The fourth-order valence-corrected chi connectivity index (χ4v) is 3.46. The molecule has 2 aromatic heterocycles. The van der Waals surface area contributed by atoms with Gasteiger partial charge in [-0.2, -0.15) is 5.10 Å². The van der Waals surface area contributed by atoms with Gasteiger partial charge < -0.3 is 4.74 Å². The van der Waals surface area contributed by atoms with Crippen molar-refractivity contribution in [2.45, 2.75) is 26.4 Å². The van der Waals surface area contributed by atoms with Crippen molar-refractivity contribution in [3.05, 3.63) is 41.3 Å². The molecule has 1 fully saturated rings. The molecule has 6 nitrogen and oxygen atoms in total. The summed E-state index contributed by atoms with van der Waals surface area (Å²) in [6.45, 7) is 9.40. The quantitative estimate of drug-likeness (QED) is 0.840. The normalized spacial score (nSPS) is 17.8. The summed E-state index contributed by atoms with van der Waals surface area (Å²) < 4.78 is 7.33. The first kappa shape index (κ1) is 16.9. The summed E-state index contributed by atoms with van der Waals surface area (Å²) in [4.78, 5) is 9.48. The Morgan fingerprint density at radius 2 is 1.96 bits per heavy atom. The van der Waals surface area contributed by atoms with Gasteiger partial charge in [0.15, 0.2) is 0 Å². The molecule has 2 aromatic rings. The maximum Gasteiger partial charge on any atom is 0.216 e. The van der Waals surface area contributed by atoms with E-state index in [0.29, 0.717) is 6.04 Å². The minimum absolute atomic E-state index is 0.364. The van der Waals surface area contributed by atoms with Crippen LogP contribution in [-0.4, -0.2) is 57.9 Å². The molecule has 0 aliphatic carbocycles. The molecule has 6 heteroatoms. The predicted molar refractivity (Wildman–Crippen MR) is 94.0 cm³/mol. The van der Waals surface area contributed by atoms with Crippen LogP contribution in [0.15, 0.2) is 24.4 Å².